The highest BCUT2D eigenvalue weighted by molar-refractivity contribution is 7.98. The van der Waals surface area contributed by atoms with Gasteiger partial charge in [-0.15, -0.1) is 0 Å². The quantitative estimate of drug-likeness (QED) is 0.127. The number of benzene rings is 10. The molecule has 12 rings (SSSR count). The smallest absolute Gasteiger partial charge is 0.0547 e. The number of fused-ring (bicyclic) bond motifs is 6. The summed E-state index contributed by atoms with van der Waals surface area (Å²) >= 11 is 2.03. The molecule has 0 atom stereocenters. The SMILES string of the molecule is CC1(C)c2ccccc2-c2cc(-c3cccc4c3CSC4)c(N(c3ccc(-c4ccccc4)cc3)c3ccc4cccc5c6cccc7cccc(c3c45)c76)cc21. The molecular formula is C55H39NS. The molecule has 10 aromatic rings. The van der Waals surface area contributed by atoms with Crippen LogP contribution < -0.4 is 4.90 Å². The van der Waals surface area contributed by atoms with E-state index in [1.165, 1.54) is 110 Å². The minimum atomic E-state index is -0.161. The van der Waals surface area contributed by atoms with E-state index in [1.54, 1.807) is 0 Å². The normalized spacial score (nSPS) is 14.1. The summed E-state index contributed by atoms with van der Waals surface area (Å²) in [4.78, 5) is 2.60. The van der Waals surface area contributed by atoms with E-state index in [0.717, 1.165) is 17.2 Å². The maximum atomic E-state index is 2.60. The Kier molecular flexibility index (Phi) is 7.10. The third kappa shape index (κ3) is 4.78. The average Bonchev–Trinajstić information content (AvgIpc) is 3.83. The highest BCUT2D eigenvalue weighted by Crippen LogP contribution is 2.56. The maximum Gasteiger partial charge on any atom is 0.0547 e. The molecule has 0 saturated carbocycles. The molecule has 0 fully saturated rings. The van der Waals surface area contributed by atoms with Crippen molar-refractivity contribution in [1.29, 1.82) is 0 Å². The topological polar surface area (TPSA) is 3.24 Å². The molecular weight excluding hydrogens is 707 g/mol. The van der Waals surface area contributed by atoms with Gasteiger partial charge < -0.3 is 4.90 Å². The summed E-state index contributed by atoms with van der Waals surface area (Å²) in [5.41, 5.74) is 16.8. The zero-order chi connectivity index (χ0) is 37.8. The van der Waals surface area contributed by atoms with Gasteiger partial charge in [0.1, 0.15) is 0 Å². The molecule has 1 heterocycles. The van der Waals surface area contributed by atoms with Crippen molar-refractivity contribution in [1.82, 2.24) is 0 Å². The maximum absolute atomic E-state index is 2.60. The van der Waals surface area contributed by atoms with Gasteiger partial charge in [0.05, 0.1) is 11.4 Å². The third-order valence-electron chi connectivity index (χ3n) is 13.0. The molecule has 0 aromatic heterocycles. The van der Waals surface area contributed by atoms with Gasteiger partial charge in [0.25, 0.3) is 0 Å². The number of thioether (sulfide) groups is 1. The molecule has 1 nitrogen and oxygen atoms in total. The van der Waals surface area contributed by atoms with Crippen molar-refractivity contribution >= 4 is 71.9 Å². The molecule has 270 valence electrons. The summed E-state index contributed by atoms with van der Waals surface area (Å²) in [7, 11) is 0. The average molecular weight is 746 g/mol. The standard InChI is InChI=1S/C55H39NS/c1-55(2)48-23-7-6-18-41(48)45-30-46(40-19-11-17-38-32-57-33-47(38)40)51(31-49(45)55)56(39-27-24-35(25-28-39)34-12-4-3-5-13-34)50-29-26-37-16-9-21-43-42-20-8-14-36-15-10-22-44(52(36)42)54(50)53(37)43/h3-31H,32-33H2,1-2H3. The summed E-state index contributed by atoms with van der Waals surface area (Å²) in [6.07, 6.45) is 0. The van der Waals surface area contributed by atoms with Crippen molar-refractivity contribution in [2.24, 2.45) is 0 Å². The zero-order valence-electron chi connectivity index (χ0n) is 32.0. The minimum absolute atomic E-state index is 0.161. The molecule has 0 amide bonds. The molecule has 2 aliphatic rings. The molecule has 0 bridgehead atoms. The van der Waals surface area contributed by atoms with Gasteiger partial charge in [-0.1, -0.05) is 159 Å². The fourth-order valence-electron chi connectivity index (χ4n) is 10.3. The van der Waals surface area contributed by atoms with Gasteiger partial charge in [-0.05, 0) is 118 Å². The van der Waals surface area contributed by atoms with E-state index in [0.29, 0.717) is 0 Å². The summed E-state index contributed by atoms with van der Waals surface area (Å²) < 4.78 is 0. The predicted octanol–water partition coefficient (Wildman–Crippen LogP) is 15.6. The Morgan fingerprint density at radius 1 is 0.439 bits per heavy atom. The van der Waals surface area contributed by atoms with Crippen LogP contribution in [-0.4, -0.2) is 0 Å². The fraction of sp³-hybridized carbons (Fsp3) is 0.0909. The summed E-state index contributed by atoms with van der Waals surface area (Å²) in [6, 6.07) is 66.3. The molecule has 0 radical (unpaired) electrons. The van der Waals surface area contributed by atoms with Crippen molar-refractivity contribution in [2.45, 2.75) is 30.8 Å². The van der Waals surface area contributed by atoms with Gasteiger partial charge in [0.15, 0.2) is 0 Å². The molecule has 2 heteroatoms. The highest BCUT2D eigenvalue weighted by Gasteiger charge is 2.37. The van der Waals surface area contributed by atoms with E-state index >= 15 is 0 Å². The van der Waals surface area contributed by atoms with E-state index in [4.69, 9.17) is 0 Å². The summed E-state index contributed by atoms with van der Waals surface area (Å²) in [5.74, 6) is 2.09. The molecule has 10 aromatic carbocycles. The van der Waals surface area contributed by atoms with E-state index in [1.807, 2.05) is 11.8 Å². The van der Waals surface area contributed by atoms with Gasteiger partial charge in [-0.3, -0.25) is 0 Å². The largest absolute Gasteiger partial charge is 0.309 e. The number of nitrogens with zero attached hydrogens (tertiary/aromatic N) is 1. The first-order valence-electron chi connectivity index (χ1n) is 20.1. The Morgan fingerprint density at radius 3 is 1.91 bits per heavy atom. The fourth-order valence-corrected chi connectivity index (χ4v) is 11.4. The monoisotopic (exact) mass is 745 g/mol. The van der Waals surface area contributed by atoms with Crippen molar-refractivity contribution in [3.8, 4) is 33.4 Å². The highest BCUT2D eigenvalue weighted by atomic mass is 32.2. The minimum Gasteiger partial charge on any atom is -0.309 e. The lowest BCUT2D eigenvalue weighted by Gasteiger charge is -2.32. The van der Waals surface area contributed by atoms with Gasteiger partial charge in [0.2, 0.25) is 0 Å². The van der Waals surface area contributed by atoms with Crippen LogP contribution in [0.25, 0.3) is 76.5 Å². The van der Waals surface area contributed by atoms with Crippen LogP contribution in [-0.2, 0) is 16.9 Å². The number of hydrogen-bond acceptors (Lipinski definition) is 2. The van der Waals surface area contributed by atoms with Crippen molar-refractivity contribution < 1.29 is 0 Å². The van der Waals surface area contributed by atoms with Crippen LogP contribution in [0.5, 0.6) is 0 Å². The van der Waals surface area contributed by atoms with Gasteiger partial charge >= 0.3 is 0 Å². The van der Waals surface area contributed by atoms with Crippen molar-refractivity contribution in [3.63, 3.8) is 0 Å². The van der Waals surface area contributed by atoms with Crippen molar-refractivity contribution in [2.75, 3.05) is 4.90 Å². The van der Waals surface area contributed by atoms with Crippen LogP contribution in [0.2, 0.25) is 0 Å². The first-order valence-corrected chi connectivity index (χ1v) is 21.2. The Balaban J connectivity index is 1.23. The van der Waals surface area contributed by atoms with Crippen LogP contribution in [0, 0.1) is 0 Å². The first-order chi connectivity index (χ1) is 28.0. The van der Waals surface area contributed by atoms with E-state index in [9.17, 15) is 0 Å². The Bertz CT molecular complexity index is 3230. The first kappa shape index (κ1) is 32.9. The van der Waals surface area contributed by atoms with Crippen LogP contribution in [0.1, 0.15) is 36.1 Å². The van der Waals surface area contributed by atoms with Gasteiger partial charge in [-0.25, -0.2) is 0 Å². The molecule has 0 spiro atoms. The van der Waals surface area contributed by atoms with Crippen LogP contribution in [0.15, 0.2) is 176 Å². The zero-order valence-corrected chi connectivity index (χ0v) is 32.8. The molecule has 1 aliphatic carbocycles. The number of hydrogen-bond donors (Lipinski definition) is 0. The van der Waals surface area contributed by atoms with Crippen LogP contribution >= 0.6 is 11.8 Å². The lowest BCUT2D eigenvalue weighted by Crippen LogP contribution is -2.17. The van der Waals surface area contributed by atoms with Crippen molar-refractivity contribution in [3.05, 3.63) is 198 Å². The Hall–Kier alpha value is -6.35. The molecule has 57 heavy (non-hydrogen) atoms. The second kappa shape index (κ2) is 12.3. The second-order valence-corrected chi connectivity index (χ2v) is 17.3. The predicted molar refractivity (Wildman–Crippen MR) is 246 cm³/mol. The van der Waals surface area contributed by atoms with Crippen LogP contribution in [0.3, 0.4) is 0 Å². The van der Waals surface area contributed by atoms with Crippen LogP contribution in [0.4, 0.5) is 17.1 Å². The number of anilines is 3. The third-order valence-corrected chi connectivity index (χ3v) is 14.0. The molecule has 1 aliphatic heterocycles. The summed E-state index contributed by atoms with van der Waals surface area (Å²) in [6.45, 7) is 4.81. The second-order valence-electron chi connectivity index (χ2n) is 16.3. The van der Waals surface area contributed by atoms with E-state index < -0.39 is 0 Å². The lowest BCUT2D eigenvalue weighted by atomic mass is 9.81. The van der Waals surface area contributed by atoms with Gasteiger partial charge in [0, 0.05) is 33.6 Å². The van der Waals surface area contributed by atoms with Gasteiger partial charge in [-0.2, -0.15) is 11.8 Å². The summed E-state index contributed by atoms with van der Waals surface area (Å²) in [5, 5.41) is 10.4. The Labute approximate surface area is 337 Å². The molecule has 0 unspecified atom stereocenters. The molecule has 0 saturated heterocycles. The lowest BCUT2D eigenvalue weighted by molar-refractivity contribution is 0.660. The molecule has 0 N–H and O–H groups in total. The number of rotatable bonds is 5. The Morgan fingerprint density at radius 2 is 1.11 bits per heavy atom. The van der Waals surface area contributed by atoms with E-state index in [-0.39, 0.29) is 5.41 Å². The van der Waals surface area contributed by atoms with E-state index in [2.05, 4.69) is 195 Å².